The summed E-state index contributed by atoms with van der Waals surface area (Å²) in [4.78, 5) is 12.7. The smallest absolute Gasteiger partial charge is 0.314 e. The van der Waals surface area contributed by atoms with Crippen LogP contribution in [0.15, 0.2) is 43.0 Å². The minimum Gasteiger partial charge on any atom is -0.489 e. The largest absolute Gasteiger partial charge is 0.489 e. The molecule has 3 aliphatic carbocycles. The zero-order valence-electron chi connectivity index (χ0n) is 21.4. The third-order valence-corrected chi connectivity index (χ3v) is 8.99. The molecule has 1 aromatic carbocycles. The van der Waals surface area contributed by atoms with Crippen molar-refractivity contribution < 1.29 is 18.7 Å². The van der Waals surface area contributed by atoms with E-state index in [4.69, 9.17) is 9.47 Å². The second-order valence-corrected chi connectivity index (χ2v) is 11.1. The molecule has 0 aromatic heterocycles. The molecule has 1 aromatic rings. The maximum atomic E-state index is 14.4. The van der Waals surface area contributed by atoms with Gasteiger partial charge in [0.05, 0.1) is 5.92 Å². The Morgan fingerprint density at radius 3 is 2.40 bits per heavy atom. The molecule has 3 saturated carbocycles. The predicted molar refractivity (Wildman–Crippen MR) is 139 cm³/mol. The van der Waals surface area contributed by atoms with Crippen LogP contribution in [0, 0.1) is 41.3 Å². The van der Waals surface area contributed by atoms with E-state index in [-0.39, 0.29) is 17.6 Å². The molecule has 0 aliphatic heterocycles. The van der Waals surface area contributed by atoms with Crippen LogP contribution in [0.4, 0.5) is 4.39 Å². The Morgan fingerprint density at radius 2 is 1.69 bits per heavy atom. The Bertz CT molecular complexity index is 870. The van der Waals surface area contributed by atoms with Gasteiger partial charge in [0, 0.05) is 6.07 Å². The molecule has 3 aliphatic rings. The lowest BCUT2D eigenvalue weighted by atomic mass is 9.60. The second-order valence-electron chi connectivity index (χ2n) is 11.1. The van der Waals surface area contributed by atoms with Crippen LogP contribution >= 0.6 is 0 Å². The fourth-order valence-corrected chi connectivity index (χ4v) is 7.04. The fraction of sp³-hybridized carbons (Fsp3) is 0.645. The third kappa shape index (κ3) is 6.98. The number of hydrogen-bond acceptors (Lipinski definition) is 3. The molecule has 0 amide bonds. The van der Waals surface area contributed by atoms with Gasteiger partial charge in [-0.05, 0) is 119 Å². The van der Waals surface area contributed by atoms with Crippen molar-refractivity contribution in [3.05, 3.63) is 48.8 Å². The average molecular weight is 483 g/mol. The number of benzene rings is 1. The number of ether oxygens (including phenoxy) is 2. The highest BCUT2D eigenvalue weighted by atomic mass is 19.1. The summed E-state index contributed by atoms with van der Waals surface area (Å²) in [6.07, 6.45) is 21.1. The summed E-state index contributed by atoms with van der Waals surface area (Å²) in [5.74, 6) is 3.80. The Morgan fingerprint density at radius 1 is 1.00 bits per heavy atom. The standard InChI is InChI=1S/C31H43FO3/c1-3-5-6-7-22-8-9-27-20-26(15-14-25(27)19-22)23-10-12-24(13-11-23)31(33)35-30-17-16-28(21-29(30)32)34-18-4-2/h3-5,16-17,21-27H,2,6-15,18-20H2,1H3/b5-3+. The SMILES string of the molecule is C=CCOc1ccc(OC(=O)C2CCC(C3CCC4CC(CC/C=C/C)CCC4C3)CC2)c(F)c1. The monoisotopic (exact) mass is 482 g/mol. The first-order valence-corrected chi connectivity index (χ1v) is 13.9. The summed E-state index contributed by atoms with van der Waals surface area (Å²) < 4.78 is 25.1. The summed E-state index contributed by atoms with van der Waals surface area (Å²) >= 11 is 0. The van der Waals surface area contributed by atoms with E-state index in [1.807, 2.05) is 0 Å². The van der Waals surface area contributed by atoms with Crippen LogP contribution in [0.5, 0.6) is 11.5 Å². The quantitative estimate of drug-likeness (QED) is 0.202. The van der Waals surface area contributed by atoms with Gasteiger partial charge in [-0.2, -0.15) is 0 Å². The number of carbonyl (C=O) groups is 1. The minimum absolute atomic E-state index is 0.0114. The van der Waals surface area contributed by atoms with E-state index in [0.717, 1.165) is 55.3 Å². The molecule has 4 unspecified atom stereocenters. The molecule has 0 saturated heterocycles. The lowest BCUT2D eigenvalue weighted by molar-refractivity contribution is -0.140. The zero-order valence-corrected chi connectivity index (χ0v) is 21.4. The summed E-state index contributed by atoms with van der Waals surface area (Å²) in [5, 5.41) is 0. The number of rotatable bonds is 9. The number of esters is 1. The van der Waals surface area contributed by atoms with E-state index < -0.39 is 5.82 Å². The first kappa shape index (κ1) is 26.0. The maximum absolute atomic E-state index is 14.4. The maximum Gasteiger partial charge on any atom is 0.314 e. The highest BCUT2D eigenvalue weighted by molar-refractivity contribution is 5.75. The van der Waals surface area contributed by atoms with Crippen molar-refractivity contribution in [1.82, 2.24) is 0 Å². The van der Waals surface area contributed by atoms with Crippen molar-refractivity contribution in [2.75, 3.05) is 6.61 Å². The lowest BCUT2D eigenvalue weighted by Crippen LogP contribution is -2.35. The van der Waals surface area contributed by atoms with Crippen LogP contribution in [0.25, 0.3) is 0 Å². The van der Waals surface area contributed by atoms with Crippen molar-refractivity contribution in [3.63, 3.8) is 0 Å². The van der Waals surface area contributed by atoms with Crippen molar-refractivity contribution in [3.8, 4) is 11.5 Å². The molecule has 0 N–H and O–H groups in total. The number of carbonyl (C=O) groups excluding carboxylic acids is 1. The van der Waals surface area contributed by atoms with Gasteiger partial charge in [-0.3, -0.25) is 4.79 Å². The van der Waals surface area contributed by atoms with Gasteiger partial charge < -0.3 is 9.47 Å². The zero-order chi connectivity index (χ0) is 24.6. The van der Waals surface area contributed by atoms with Crippen LogP contribution < -0.4 is 9.47 Å². The van der Waals surface area contributed by atoms with Crippen LogP contribution in [-0.2, 0) is 4.79 Å². The Labute approximate surface area is 211 Å². The van der Waals surface area contributed by atoms with E-state index in [2.05, 4.69) is 25.7 Å². The first-order chi connectivity index (χ1) is 17.1. The third-order valence-electron chi connectivity index (χ3n) is 8.99. The van der Waals surface area contributed by atoms with Gasteiger partial charge in [0.1, 0.15) is 12.4 Å². The summed E-state index contributed by atoms with van der Waals surface area (Å²) in [6, 6.07) is 4.36. The van der Waals surface area contributed by atoms with Gasteiger partial charge in [-0.25, -0.2) is 4.39 Å². The number of allylic oxidation sites excluding steroid dienone is 2. The van der Waals surface area contributed by atoms with Crippen LogP contribution in [0.1, 0.15) is 84.0 Å². The number of hydrogen-bond donors (Lipinski definition) is 0. The van der Waals surface area contributed by atoms with Crippen molar-refractivity contribution in [1.29, 1.82) is 0 Å². The second kappa shape index (κ2) is 12.7. The molecule has 4 rings (SSSR count). The molecular weight excluding hydrogens is 439 g/mol. The average Bonchev–Trinajstić information content (AvgIpc) is 2.88. The highest BCUT2D eigenvalue weighted by Crippen LogP contribution is 2.49. The molecule has 0 radical (unpaired) electrons. The molecule has 0 spiro atoms. The fourth-order valence-electron chi connectivity index (χ4n) is 7.04. The molecule has 3 nitrogen and oxygen atoms in total. The summed E-state index contributed by atoms with van der Waals surface area (Å²) in [5.41, 5.74) is 0. The van der Waals surface area contributed by atoms with Gasteiger partial charge in [0.2, 0.25) is 0 Å². The predicted octanol–water partition coefficient (Wildman–Crippen LogP) is 8.29. The van der Waals surface area contributed by atoms with Crippen LogP contribution in [-0.4, -0.2) is 12.6 Å². The van der Waals surface area contributed by atoms with E-state index >= 15 is 0 Å². The minimum atomic E-state index is -0.568. The van der Waals surface area contributed by atoms with Crippen molar-refractivity contribution >= 4 is 5.97 Å². The van der Waals surface area contributed by atoms with Gasteiger partial charge in [0.25, 0.3) is 0 Å². The highest BCUT2D eigenvalue weighted by Gasteiger charge is 2.39. The number of fused-ring (bicyclic) bond motifs is 1. The van der Waals surface area contributed by atoms with E-state index in [1.165, 1.54) is 63.5 Å². The molecule has 35 heavy (non-hydrogen) atoms. The molecule has 0 heterocycles. The summed E-state index contributed by atoms with van der Waals surface area (Å²) in [7, 11) is 0. The van der Waals surface area contributed by atoms with E-state index in [0.29, 0.717) is 12.4 Å². The normalized spacial score (nSPS) is 31.0. The lowest BCUT2D eigenvalue weighted by Gasteiger charge is -2.45. The summed E-state index contributed by atoms with van der Waals surface area (Å²) in [6.45, 7) is 6.01. The molecule has 192 valence electrons. The van der Waals surface area contributed by atoms with Gasteiger partial charge in [-0.15, -0.1) is 0 Å². The van der Waals surface area contributed by atoms with E-state index in [9.17, 15) is 9.18 Å². The molecule has 4 heteroatoms. The van der Waals surface area contributed by atoms with Crippen LogP contribution in [0.2, 0.25) is 0 Å². The van der Waals surface area contributed by atoms with Crippen LogP contribution in [0.3, 0.4) is 0 Å². The Balaban J connectivity index is 1.21. The Kier molecular flexibility index (Phi) is 9.45. The molecule has 0 bridgehead atoms. The topological polar surface area (TPSA) is 35.5 Å². The van der Waals surface area contributed by atoms with Gasteiger partial charge in [0.15, 0.2) is 11.6 Å². The molecular formula is C31H43FO3. The number of halogens is 1. The molecule has 3 fully saturated rings. The Hall–Kier alpha value is -2.10. The first-order valence-electron chi connectivity index (χ1n) is 13.9. The van der Waals surface area contributed by atoms with Gasteiger partial charge >= 0.3 is 5.97 Å². The van der Waals surface area contributed by atoms with Gasteiger partial charge in [-0.1, -0.05) is 31.2 Å². The van der Waals surface area contributed by atoms with Crippen molar-refractivity contribution in [2.45, 2.75) is 84.0 Å². The molecule has 4 atom stereocenters. The van der Waals surface area contributed by atoms with Crippen molar-refractivity contribution in [2.24, 2.45) is 35.5 Å². The van der Waals surface area contributed by atoms with E-state index in [1.54, 1.807) is 12.1 Å².